The summed E-state index contributed by atoms with van der Waals surface area (Å²) in [6.07, 6.45) is 2.87. The number of nitrogens with one attached hydrogen (secondary N) is 2. The molecule has 2 aromatic carbocycles. The molecule has 1 heterocycles. The number of fused-ring (bicyclic) bond motifs is 1. The third kappa shape index (κ3) is 4.38. The van der Waals surface area contributed by atoms with Crippen LogP contribution in [-0.2, 0) is 0 Å². The lowest BCUT2D eigenvalue weighted by atomic mass is 10.1. The second kappa shape index (κ2) is 8.76. The fourth-order valence-corrected chi connectivity index (χ4v) is 3.23. The van der Waals surface area contributed by atoms with Gasteiger partial charge < -0.3 is 15.0 Å². The minimum absolute atomic E-state index is 0.111. The average Bonchev–Trinajstić information content (AvgIpc) is 3.10. The SMILES string of the molecule is CCOc1ccc(C(=O)N[C@@H](CCSC)c2nc3ccccc3[nH]2)cc1. The van der Waals surface area contributed by atoms with Crippen molar-refractivity contribution < 1.29 is 9.53 Å². The summed E-state index contributed by atoms with van der Waals surface area (Å²) >= 11 is 1.75. The number of carbonyl (C=O) groups is 1. The van der Waals surface area contributed by atoms with Gasteiger partial charge in [0.15, 0.2) is 0 Å². The van der Waals surface area contributed by atoms with E-state index in [1.807, 2.05) is 43.3 Å². The molecule has 1 amide bonds. The van der Waals surface area contributed by atoms with Crippen LogP contribution in [0, 0.1) is 0 Å². The zero-order valence-electron chi connectivity index (χ0n) is 15.0. The molecule has 0 unspecified atom stereocenters. The van der Waals surface area contributed by atoms with Gasteiger partial charge in [0.25, 0.3) is 5.91 Å². The molecule has 5 nitrogen and oxygen atoms in total. The molecule has 6 heteroatoms. The summed E-state index contributed by atoms with van der Waals surface area (Å²) in [5.74, 6) is 2.38. The van der Waals surface area contributed by atoms with Crippen molar-refractivity contribution in [2.24, 2.45) is 0 Å². The quantitative estimate of drug-likeness (QED) is 0.625. The third-order valence-electron chi connectivity index (χ3n) is 4.08. The Hall–Kier alpha value is -2.47. The first-order valence-corrected chi connectivity index (χ1v) is 10.1. The van der Waals surface area contributed by atoms with E-state index in [0.717, 1.165) is 34.8 Å². The van der Waals surface area contributed by atoms with Gasteiger partial charge in [0.2, 0.25) is 0 Å². The van der Waals surface area contributed by atoms with Crippen molar-refractivity contribution in [3.8, 4) is 5.75 Å². The lowest BCUT2D eigenvalue weighted by Crippen LogP contribution is -2.29. The Morgan fingerprint density at radius 2 is 2.00 bits per heavy atom. The first kappa shape index (κ1) is 18.3. The molecule has 0 fully saturated rings. The van der Waals surface area contributed by atoms with Crippen LogP contribution < -0.4 is 10.1 Å². The Morgan fingerprint density at radius 3 is 2.69 bits per heavy atom. The van der Waals surface area contributed by atoms with Crippen molar-refractivity contribution in [3.63, 3.8) is 0 Å². The molecule has 2 N–H and O–H groups in total. The Labute approximate surface area is 157 Å². The summed E-state index contributed by atoms with van der Waals surface area (Å²) in [4.78, 5) is 20.7. The topological polar surface area (TPSA) is 67.0 Å². The van der Waals surface area contributed by atoms with E-state index in [-0.39, 0.29) is 11.9 Å². The van der Waals surface area contributed by atoms with Crippen LogP contribution in [0.3, 0.4) is 0 Å². The van der Waals surface area contributed by atoms with Crippen molar-refractivity contribution in [1.29, 1.82) is 0 Å². The minimum Gasteiger partial charge on any atom is -0.494 e. The van der Waals surface area contributed by atoms with E-state index in [1.165, 1.54) is 0 Å². The van der Waals surface area contributed by atoms with E-state index in [9.17, 15) is 4.79 Å². The van der Waals surface area contributed by atoms with Crippen LogP contribution in [0.15, 0.2) is 48.5 Å². The lowest BCUT2D eigenvalue weighted by Gasteiger charge is -2.16. The zero-order chi connectivity index (χ0) is 18.4. The molecule has 0 bridgehead atoms. The maximum absolute atomic E-state index is 12.7. The van der Waals surface area contributed by atoms with Gasteiger partial charge in [-0.3, -0.25) is 4.79 Å². The number of thioether (sulfide) groups is 1. The fraction of sp³-hybridized carbons (Fsp3) is 0.300. The van der Waals surface area contributed by atoms with Crippen LogP contribution >= 0.6 is 11.8 Å². The minimum atomic E-state index is -0.158. The summed E-state index contributed by atoms with van der Waals surface area (Å²) < 4.78 is 5.43. The molecule has 0 aliphatic rings. The van der Waals surface area contributed by atoms with Crippen molar-refractivity contribution >= 4 is 28.7 Å². The summed E-state index contributed by atoms with van der Waals surface area (Å²) in [6, 6.07) is 14.9. The number of hydrogen-bond acceptors (Lipinski definition) is 4. The number of amides is 1. The average molecular weight is 369 g/mol. The Morgan fingerprint density at radius 1 is 1.23 bits per heavy atom. The predicted octanol–water partition coefficient (Wildman–Crippen LogP) is 4.19. The maximum Gasteiger partial charge on any atom is 0.251 e. The van der Waals surface area contributed by atoms with E-state index in [0.29, 0.717) is 12.2 Å². The van der Waals surface area contributed by atoms with Crippen LogP contribution in [0.2, 0.25) is 0 Å². The number of hydrogen-bond donors (Lipinski definition) is 2. The van der Waals surface area contributed by atoms with Gasteiger partial charge in [-0.05, 0) is 61.8 Å². The summed E-state index contributed by atoms with van der Waals surface area (Å²) in [5, 5.41) is 3.11. The van der Waals surface area contributed by atoms with Gasteiger partial charge in [-0.15, -0.1) is 0 Å². The first-order valence-electron chi connectivity index (χ1n) is 8.68. The number of imidazole rings is 1. The third-order valence-corrected chi connectivity index (χ3v) is 4.73. The van der Waals surface area contributed by atoms with Gasteiger partial charge in [-0.1, -0.05) is 12.1 Å². The number of ether oxygens (including phenoxy) is 1. The monoisotopic (exact) mass is 369 g/mol. The van der Waals surface area contributed by atoms with Crippen LogP contribution in [0.4, 0.5) is 0 Å². The number of nitrogens with zero attached hydrogens (tertiary/aromatic N) is 1. The molecule has 0 saturated carbocycles. The van der Waals surface area contributed by atoms with Gasteiger partial charge in [-0.25, -0.2) is 4.98 Å². The smallest absolute Gasteiger partial charge is 0.251 e. The van der Waals surface area contributed by atoms with E-state index >= 15 is 0 Å². The molecule has 1 atom stereocenters. The van der Waals surface area contributed by atoms with E-state index in [2.05, 4.69) is 21.5 Å². The molecule has 0 aliphatic carbocycles. The van der Waals surface area contributed by atoms with Gasteiger partial charge in [0, 0.05) is 5.56 Å². The second-order valence-corrected chi connectivity index (χ2v) is 6.89. The highest BCUT2D eigenvalue weighted by molar-refractivity contribution is 7.98. The van der Waals surface area contributed by atoms with E-state index in [1.54, 1.807) is 23.9 Å². The van der Waals surface area contributed by atoms with E-state index < -0.39 is 0 Å². The zero-order valence-corrected chi connectivity index (χ0v) is 15.8. The summed E-state index contributed by atoms with van der Waals surface area (Å²) in [7, 11) is 0. The highest BCUT2D eigenvalue weighted by Gasteiger charge is 2.19. The number of para-hydroxylation sites is 2. The fourth-order valence-electron chi connectivity index (χ4n) is 2.76. The van der Waals surface area contributed by atoms with Gasteiger partial charge in [-0.2, -0.15) is 11.8 Å². The number of benzene rings is 2. The van der Waals surface area contributed by atoms with Gasteiger partial charge in [0.05, 0.1) is 23.7 Å². The molecule has 1 aromatic heterocycles. The van der Waals surface area contributed by atoms with Crippen molar-refractivity contribution in [1.82, 2.24) is 15.3 Å². The number of H-pyrrole nitrogens is 1. The van der Waals surface area contributed by atoms with Crippen LogP contribution in [0.5, 0.6) is 5.75 Å². The Kier molecular flexibility index (Phi) is 6.17. The Balaban J connectivity index is 1.77. The molecule has 3 aromatic rings. The molecule has 0 aliphatic heterocycles. The van der Waals surface area contributed by atoms with Gasteiger partial charge >= 0.3 is 0 Å². The largest absolute Gasteiger partial charge is 0.494 e. The number of rotatable bonds is 8. The van der Waals surface area contributed by atoms with Crippen LogP contribution in [-0.4, -0.2) is 34.5 Å². The molecule has 0 spiro atoms. The van der Waals surface area contributed by atoms with Crippen molar-refractivity contribution in [3.05, 3.63) is 59.9 Å². The molecule has 0 radical (unpaired) electrons. The lowest BCUT2D eigenvalue weighted by molar-refractivity contribution is 0.0934. The van der Waals surface area contributed by atoms with Gasteiger partial charge in [0.1, 0.15) is 11.6 Å². The summed E-state index contributed by atoms with van der Waals surface area (Å²) in [6.45, 7) is 2.54. The van der Waals surface area contributed by atoms with E-state index in [4.69, 9.17) is 4.74 Å². The van der Waals surface area contributed by atoms with Crippen LogP contribution in [0.1, 0.15) is 35.6 Å². The van der Waals surface area contributed by atoms with Crippen molar-refractivity contribution in [2.45, 2.75) is 19.4 Å². The first-order chi connectivity index (χ1) is 12.7. The second-order valence-electron chi connectivity index (χ2n) is 5.90. The predicted molar refractivity (Wildman–Crippen MR) is 107 cm³/mol. The maximum atomic E-state index is 12.7. The number of aromatic amines is 1. The molecule has 136 valence electrons. The molecule has 26 heavy (non-hydrogen) atoms. The standard InChI is InChI=1S/C20H23N3O2S/c1-3-25-15-10-8-14(9-11-15)20(24)23-18(12-13-26-2)19-21-16-6-4-5-7-17(16)22-19/h4-11,18H,3,12-13H2,1-2H3,(H,21,22)(H,23,24)/t18-/m0/s1. The molecule has 3 rings (SSSR count). The molecular formula is C20H23N3O2S. The molecular weight excluding hydrogens is 346 g/mol. The van der Waals surface area contributed by atoms with Crippen molar-refractivity contribution in [2.75, 3.05) is 18.6 Å². The summed E-state index contributed by atoms with van der Waals surface area (Å²) in [5.41, 5.74) is 2.50. The highest BCUT2D eigenvalue weighted by Crippen LogP contribution is 2.21. The van der Waals surface area contributed by atoms with Crippen LogP contribution in [0.25, 0.3) is 11.0 Å². The highest BCUT2D eigenvalue weighted by atomic mass is 32.2. The Bertz CT molecular complexity index is 828. The number of carbonyl (C=O) groups excluding carboxylic acids is 1. The number of aromatic nitrogens is 2. The normalized spacial score (nSPS) is 12.1. The molecule has 0 saturated heterocycles.